The van der Waals surface area contributed by atoms with E-state index in [-0.39, 0.29) is 23.6 Å². The van der Waals surface area contributed by atoms with Gasteiger partial charge < -0.3 is 9.84 Å². The van der Waals surface area contributed by atoms with Gasteiger partial charge in [-0.2, -0.15) is 0 Å². The normalized spacial score (nSPS) is 21.3. The van der Waals surface area contributed by atoms with Crippen molar-refractivity contribution in [1.82, 2.24) is 0 Å². The number of rotatable bonds is 3. The van der Waals surface area contributed by atoms with Crippen molar-refractivity contribution in [2.45, 2.75) is 18.4 Å². The topological polar surface area (TPSA) is 46.5 Å². The maximum absolute atomic E-state index is 12.7. The molecule has 0 radical (unpaired) electrons. The van der Waals surface area contributed by atoms with Gasteiger partial charge in [0.05, 0.1) is 5.92 Å². The minimum Gasteiger partial charge on any atom is -0.508 e. The Morgan fingerprint density at radius 3 is 1.85 bits per heavy atom. The van der Waals surface area contributed by atoms with Crippen molar-refractivity contribution in [3.05, 3.63) is 102 Å². The minimum absolute atomic E-state index is 0.180. The first kappa shape index (κ1) is 16.4. The Morgan fingerprint density at radius 2 is 1.31 bits per heavy atom. The van der Waals surface area contributed by atoms with Crippen molar-refractivity contribution in [3.63, 3.8) is 0 Å². The summed E-state index contributed by atoms with van der Waals surface area (Å²) in [5.74, 6) is -0.797. The molecule has 1 heterocycles. The number of esters is 1. The van der Waals surface area contributed by atoms with Gasteiger partial charge in [-0.1, -0.05) is 85.8 Å². The molecular formula is C23H20O3. The summed E-state index contributed by atoms with van der Waals surface area (Å²) in [6, 6.07) is 26.8. The summed E-state index contributed by atoms with van der Waals surface area (Å²) in [7, 11) is 0. The fourth-order valence-electron chi connectivity index (χ4n) is 4.06. The predicted octanol–water partition coefficient (Wildman–Crippen LogP) is 4.61. The molecule has 1 saturated heterocycles. The first-order valence-corrected chi connectivity index (χ1v) is 8.76. The molecule has 4 rings (SSSR count). The van der Waals surface area contributed by atoms with Crippen LogP contribution in [0.15, 0.2) is 84.9 Å². The molecule has 0 amide bonds. The van der Waals surface area contributed by atoms with Crippen molar-refractivity contribution in [2.24, 2.45) is 5.92 Å². The number of ether oxygens (including phenoxy) is 1. The molecule has 0 unspecified atom stereocenters. The molecule has 2 atom stereocenters. The molecule has 0 aromatic heterocycles. The van der Waals surface area contributed by atoms with E-state index in [0.29, 0.717) is 0 Å². The van der Waals surface area contributed by atoms with Gasteiger partial charge in [-0.25, -0.2) is 0 Å². The van der Waals surface area contributed by atoms with Crippen LogP contribution in [0.5, 0.6) is 5.75 Å². The van der Waals surface area contributed by atoms with Crippen molar-refractivity contribution in [3.8, 4) is 5.75 Å². The third-order valence-corrected chi connectivity index (χ3v) is 5.25. The number of cyclic esters (lactones) is 1. The lowest BCUT2D eigenvalue weighted by Gasteiger charge is -2.36. The Kier molecular flexibility index (Phi) is 4.00. The van der Waals surface area contributed by atoms with Crippen LogP contribution in [0.4, 0.5) is 0 Å². The number of para-hydroxylation sites is 1. The smallest absolute Gasteiger partial charge is 0.310 e. The zero-order chi connectivity index (χ0) is 18.1. The quantitative estimate of drug-likeness (QED) is 0.706. The van der Waals surface area contributed by atoms with Crippen molar-refractivity contribution >= 4 is 5.97 Å². The summed E-state index contributed by atoms with van der Waals surface area (Å²) in [4.78, 5) is 12.7. The van der Waals surface area contributed by atoms with E-state index in [1.807, 2.05) is 79.7 Å². The molecule has 1 aliphatic heterocycles. The van der Waals surface area contributed by atoms with Gasteiger partial charge in [0.25, 0.3) is 0 Å². The Bertz CT molecular complexity index is 879. The van der Waals surface area contributed by atoms with Gasteiger partial charge in [0, 0.05) is 22.6 Å². The first-order chi connectivity index (χ1) is 12.6. The Balaban J connectivity index is 2.03. The zero-order valence-electron chi connectivity index (χ0n) is 14.5. The van der Waals surface area contributed by atoms with E-state index in [4.69, 9.17) is 4.74 Å². The van der Waals surface area contributed by atoms with Crippen LogP contribution >= 0.6 is 0 Å². The highest BCUT2D eigenvalue weighted by atomic mass is 16.6. The molecule has 130 valence electrons. The first-order valence-electron chi connectivity index (χ1n) is 8.76. The largest absolute Gasteiger partial charge is 0.508 e. The molecule has 3 aromatic carbocycles. The molecule has 1 aliphatic rings. The van der Waals surface area contributed by atoms with Gasteiger partial charge >= 0.3 is 5.97 Å². The summed E-state index contributed by atoms with van der Waals surface area (Å²) in [6.07, 6.45) is 0. The number of hydrogen-bond acceptors (Lipinski definition) is 3. The van der Waals surface area contributed by atoms with Crippen LogP contribution in [0.3, 0.4) is 0 Å². The lowest BCUT2D eigenvalue weighted by atomic mass is 9.70. The van der Waals surface area contributed by atoms with Gasteiger partial charge in [0.15, 0.2) is 5.60 Å². The third kappa shape index (κ3) is 2.39. The maximum atomic E-state index is 12.7. The second-order valence-electron chi connectivity index (χ2n) is 6.71. The number of hydrogen-bond donors (Lipinski definition) is 1. The number of benzene rings is 3. The van der Waals surface area contributed by atoms with E-state index in [2.05, 4.69) is 0 Å². The molecule has 0 aliphatic carbocycles. The second-order valence-corrected chi connectivity index (χ2v) is 6.71. The van der Waals surface area contributed by atoms with Gasteiger partial charge in [-0.15, -0.1) is 0 Å². The lowest BCUT2D eigenvalue weighted by molar-refractivity contribution is -0.148. The van der Waals surface area contributed by atoms with E-state index in [1.54, 1.807) is 12.1 Å². The van der Waals surface area contributed by atoms with Crippen molar-refractivity contribution in [1.29, 1.82) is 0 Å². The Morgan fingerprint density at radius 1 is 0.808 bits per heavy atom. The summed E-state index contributed by atoms with van der Waals surface area (Å²) in [6.45, 7) is 1.87. The molecule has 3 nitrogen and oxygen atoms in total. The summed E-state index contributed by atoms with van der Waals surface area (Å²) >= 11 is 0. The highest BCUT2D eigenvalue weighted by Gasteiger charge is 2.57. The molecule has 0 bridgehead atoms. The van der Waals surface area contributed by atoms with E-state index < -0.39 is 5.60 Å². The summed E-state index contributed by atoms with van der Waals surface area (Å²) < 4.78 is 6.11. The van der Waals surface area contributed by atoms with Crippen LogP contribution in [0, 0.1) is 5.92 Å². The molecule has 26 heavy (non-hydrogen) atoms. The monoisotopic (exact) mass is 344 g/mol. The fraction of sp³-hybridized carbons (Fsp3) is 0.174. The second kappa shape index (κ2) is 6.34. The molecule has 1 N–H and O–H groups in total. The summed E-state index contributed by atoms with van der Waals surface area (Å²) in [5.41, 5.74) is 1.55. The van der Waals surface area contributed by atoms with Crippen molar-refractivity contribution in [2.75, 3.05) is 0 Å². The predicted molar refractivity (Wildman–Crippen MR) is 99.8 cm³/mol. The Labute approximate surface area is 152 Å². The minimum atomic E-state index is -0.974. The molecule has 0 saturated carbocycles. The number of phenols is 1. The number of phenolic OH excluding ortho intramolecular Hbond substituents is 1. The average molecular weight is 344 g/mol. The van der Waals surface area contributed by atoms with E-state index >= 15 is 0 Å². The van der Waals surface area contributed by atoms with Gasteiger partial charge in [0.1, 0.15) is 5.75 Å². The number of carbonyl (C=O) groups is 1. The van der Waals surface area contributed by atoms with E-state index in [9.17, 15) is 9.90 Å². The third-order valence-electron chi connectivity index (χ3n) is 5.25. The van der Waals surface area contributed by atoms with Crippen molar-refractivity contribution < 1.29 is 14.6 Å². The molecular weight excluding hydrogens is 324 g/mol. The van der Waals surface area contributed by atoms with E-state index in [1.165, 1.54) is 0 Å². The lowest BCUT2D eigenvalue weighted by Crippen LogP contribution is -2.34. The van der Waals surface area contributed by atoms with Gasteiger partial charge in [0.2, 0.25) is 0 Å². The van der Waals surface area contributed by atoms with Gasteiger partial charge in [-0.3, -0.25) is 4.79 Å². The molecule has 3 heteroatoms. The van der Waals surface area contributed by atoms with Crippen LogP contribution in [-0.4, -0.2) is 11.1 Å². The van der Waals surface area contributed by atoms with Crippen LogP contribution < -0.4 is 0 Å². The Hall–Kier alpha value is -3.07. The number of carbonyl (C=O) groups excluding carboxylic acids is 1. The summed E-state index contributed by atoms with van der Waals surface area (Å²) in [5, 5.41) is 10.5. The zero-order valence-corrected chi connectivity index (χ0v) is 14.5. The van der Waals surface area contributed by atoms with E-state index in [0.717, 1.165) is 16.7 Å². The number of aromatic hydroxyl groups is 1. The van der Waals surface area contributed by atoms with Crippen LogP contribution in [0.2, 0.25) is 0 Å². The van der Waals surface area contributed by atoms with Crippen LogP contribution in [0.25, 0.3) is 0 Å². The SMILES string of the molecule is C[C@H]1C(=O)OC(c2ccccc2)(c2ccccc2)[C@@H]1c1ccccc1O. The highest BCUT2D eigenvalue weighted by molar-refractivity contribution is 5.79. The molecule has 1 fully saturated rings. The van der Waals surface area contributed by atoms with Gasteiger partial charge in [-0.05, 0) is 6.07 Å². The van der Waals surface area contributed by atoms with Crippen LogP contribution in [0.1, 0.15) is 29.5 Å². The highest BCUT2D eigenvalue weighted by Crippen LogP contribution is 2.55. The molecule has 3 aromatic rings. The van der Waals surface area contributed by atoms with Crippen LogP contribution in [-0.2, 0) is 15.1 Å². The average Bonchev–Trinajstić information content (AvgIpc) is 2.96. The molecule has 0 spiro atoms. The maximum Gasteiger partial charge on any atom is 0.310 e. The fourth-order valence-corrected chi connectivity index (χ4v) is 4.06. The standard InChI is InChI=1S/C23H20O3/c1-16-21(19-14-8-9-15-20(19)24)23(26-22(16)25,17-10-4-2-5-11-17)18-12-6-3-7-13-18/h2-16,21,24H,1H3/t16-,21+/m1/s1.